The lowest BCUT2D eigenvalue weighted by molar-refractivity contribution is 0.0668. The number of amides is 3. The van der Waals surface area contributed by atoms with Crippen molar-refractivity contribution in [2.24, 2.45) is 0 Å². The highest BCUT2D eigenvalue weighted by Crippen LogP contribution is 2.26. The number of methoxy groups -OCH3 is 1. The summed E-state index contributed by atoms with van der Waals surface area (Å²) in [5.41, 5.74) is 3.32. The zero-order valence-electron chi connectivity index (χ0n) is 16.0. The van der Waals surface area contributed by atoms with Crippen molar-refractivity contribution >= 4 is 17.6 Å². The molecule has 1 aliphatic heterocycles. The summed E-state index contributed by atoms with van der Waals surface area (Å²) in [7, 11) is 1.58. The van der Waals surface area contributed by atoms with Crippen molar-refractivity contribution < 1.29 is 14.3 Å². The van der Waals surface area contributed by atoms with Crippen LogP contribution in [-0.2, 0) is 0 Å². The largest absolute Gasteiger partial charge is 0.496 e. The Balaban J connectivity index is 1.64. The predicted octanol–water partition coefficient (Wildman–Crippen LogP) is 3.30. The average Bonchev–Trinajstić information content (AvgIpc) is 2.68. The lowest BCUT2D eigenvalue weighted by Gasteiger charge is -2.35. The SMILES string of the molecule is COc1c(C)cc(C)cc1C(=O)N1CCN(C(=O)Nc2ccccc2)CC1. The first-order chi connectivity index (χ1) is 13.0. The van der Waals surface area contributed by atoms with Gasteiger partial charge >= 0.3 is 6.03 Å². The number of hydrogen-bond acceptors (Lipinski definition) is 3. The minimum absolute atomic E-state index is 0.0539. The number of nitrogens with one attached hydrogen (secondary N) is 1. The van der Waals surface area contributed by atoms with E-state index in [1.54, 1.807) is 16.9 Å². The number of piperazine rings is 1. The fourth-order valence-corrected chi connectivity index (χ4v) is 3.39. The van der Waals surface area contributed by atoms with Gasteiger partial charge in [0.15, 0.2) is 0 Å². The number of carbonyl (C=O) groups is 2. The van der Waals surface area contributed by atoms with Crippen LogP contribution in [0.25, 0.3) is 0 Å². The molecule has 0 spiro atoms. The Morgan fingerprint density at radius 1 is 0.963 bits per heavy atom. The maximum atomic E-state index is 13.0. The Bertz CT molecular complexity index is 828. The van der Waals surface area contributed by atoms with E-state index in [1.807, 2.05) is 56.3 Å². The first-order valence-electron chi connectivity index (χ1n) is 9.05. The van der Waals surface area contributed by atoms with E-state index in [-0.39, 0.29) is 11.9 Å². The van der Waals surface area contributed by atoms with Crippen molar-refractivity contribution in [3.05, 3.63) is 59.2 Å². The molecule has 6 heteroatoms. The van der Waals surface area contributed by atoms with Crippen LogP contribution in [0.2, 0.25) is 0 Å². The topological polar surface area (TPSA) is 61.9 Å². The van der Waals surface area contributed by atoms with E-state index >= 15 is 0 Å². The highest BCUT2D eigenvalue weighted by atomic mass is 16.5. The van der Waals surface area contributed by atoms with Gasteiger partial charge in [0.1, 0.15) is 5.75 Å². The van der Waals surface area contributed by atoms with Crippen molar-refractivity contribution in [1.82, 2.24) is 9.80 Å². The molecule has 3 rings (SSSR count). The molecule has 0 bridgehead atoms. The van der Waals surface area contributed by atoms with Gasteiger partial charge < -0.3 is 19.9 Å². The normalized spacial score (nSPS) is 14.0. The van der Waals surface area contributed by atoms with Crippen molar-refractivity contribution in [2.45, 2.75) is 13.8 Å². The predicted molar refractivity (Wildman–Crippen MR) is 105 cm³/mol. The number of aryl methyl sites for hydroxylation is 2. The molecule has 0 saturated carbocycles. The van der Waals surface area contributed by atoms with E-state index in [1.165, 1.54) is 0 Å². The van der Waals surface area contributed by atoms with Crippen LogP contribution in [0.1, 0.15) is 21.5 Å². The van der Waals surface area contributed by atoms with Gasteiger partial charge in [-0.3, -0.25) is 4.79 Å². The third-order valence-electron chi connectivity index (χ3n) is 4.73. The smallest absolute Gasteiger partial charge is 0.321 e. The van der Waals surface area contributed by atoms with E-state index in [2.05, 4.69) is 5.32 Å². The summed E-state index contributed by atoms with van der Waals surface area (Å²) in [5.74, 6) is 0.566. The molecule has 2 aromatic rings. The summed E-state index contributed by atoms with van der Waals surface area (Å²) in [6.45, 7) is 5.90. The molecule has 1 fully saturated rings. The van der Waals surface area contributed by atoms with E-state index in [0.29, 0.717) is 37.5 Å². The molecule has 3 amide bonds. The molecular weight excluding hydrogens is 342 g/mol. The number of carbonyl (C=O) groups excluding carboxylic acids is 2. The second-order valence-corrected chi connectivity index (χ2v) is 6.74. The van der Waals surface area contributed by atoms with Gasteiger partial charge in [0.05, 0.1) is 12.7 Å². The summed E-state index contributed by atoms with van der Waals surface area (Å²) in [6, 6.07) is 13.1. The highest BCUT2D eigenvalue weighted by Gasteiger charge is 2.27. The fourth-order valence-electron chi connectivity index (χ4n) is 3.39. The van der Waals surface area contributed by atoms with Crippen LogP contribution in [0.15, 0.2) is 42.5 Å². The molecule has 0 atom stereocenters. The molecule has 0 radical (unpaired) electrons. The fraction of sp³-hybridized carbons (Fsp3) is 0.333. The highest BCUT2D eigenvalue weighted by molar-refractivity contribution is 5.98. The lowest BCUT2D eigenvalue weighted by Crippen LogP contribution is -2.51. The van der Waals surface area contributed by atoms with Crippen LogP contribution in [0.3, 0.4) is 0 Å². The number of ether oxygens (including phenoxy) is 1. The third-order valence-corrected chi connectivity index (χ3v) is 4.73. The number of hydrogen-bond donors (Lipinski definition) is 1. The number of urea groups is 1. The number of anilines is 1. The number of rotatable bonds is 3. The van der Waals surface area contributed by atoms with Gasteiger partial charge in [-0.05, 0) is 43.2 Å². The van der Waals surface area contributed by atoms with Crippen molar-refractivity contribution in [1.29, 1.82) is 0 Å². The quantitative estimate of drug-likeness (QED) is 0.905. The Kier molecular flexibility index (Phi) is 5.64. The summed E-state index contributed by atoms with van der Waals surface area (Å²) in [6.07, 6.45) is 0. The van der Waals surface area contributed by atoms with Crippen molar-refractivity contribution in [3.8, 4) is 5.75 Å². The Morgan fingerprint density at radius 3 is 2.22 bits per heavy atom. The standard InChI is InChI=1S/C21H25N3O3/c1-15-13-16(2)19(27-3)18(14-15)20(25)23-9-11-24(12-10-23)21(26)22-17-7-5-4-6-8-17/h4-8,13-14H,9-12H2,1-3H3,(H,22,26). The number of benzene rings is 2. The minimum Gasteiger partial charge on any atom is -0.496 e. The lowest BCUT2D eigenvalue weighted by atomic mass is 10.0. The van der Waals surface area contributed by atoms with Crippen LogP contribution in [0, 0.1) is 13.8 Å². The van der Waals surface area contributed by atoms with E-state index < -0.39 is 0 Å². The van der Waals surface area contributed by atoms with Gasteiger partial charge in [-0.1, -0.05) is 24.3 Å². The maximum absolute atomic E-state index is 13.0. The van der Waals surface area contributed by atoms with Crippen molar-refractivity contribution in [2.75, 3.05) is 38.6 Å². The van der Waals surface area contributed by atoms with Crippen LogP contribution >= 0.6 is 0 Å². The average molecular weight is 367 g/mol. The Labute approximate surface area is 159 Å². The summed E-state index contributed by atoms with van der Waals surface area (Å²) in [5, 5.41) is 2.88. The number of para-hydroxylation sites is 1. The molecule has 1 aliphatic rings. The molecule has 142 valence electrons. The first kappa shape index (κ1) is 18.8. The van der Waals surface area contributed by atoms with Gasteiger partial charge in [-0.15, -0.1) is 0 Å². The van der Waals surface area contributed by atoms with Crippen LogP contribution in [0.5, 0.6) is 5.75 Å². The van der Waals surface area contributed by atoms with Gasteiger partial charge in [0.2, 0.25) is 0 Å². The van der Waals surface area contributed by atoms with Gasteiger partial charge in [-0.2, -0.15) is 0 Å². The molecule has 0 aromatic heterocycles. The second kappa shape index (κ2) is 8.12. The molecule has 1 saturated heterocycles. The second-order valence-electron chi connectivity index (χ2n) is 6.74. The summed E-state index contributed by atoms with van der Waals surface area (Å²) in [4.78, 5) is 28.9. The van der Waals surface area contributed by atoms with Gasteiger partial charge in [0, 0.05) is 31.9 Å². The summed E-state index contributed by atoms with van der Waals surface area (Å²) >= 11 is 0. The Hall–Kier alpha value is -3.02. The molecular formula is C21H25N3O3. The zero-order valence-corrected chi connectivity index (χ0v) is 16.0. The molecule has 0 unspecified atom stereocenters. The van der Waals surface area contributed by atoms with Crippen molar-refractivity contribution in [3.63, 3.8) is 0 Å². The Morgan fingerprint density at radius 2 is 1.59 bits per heavy atom. The molecule has 0 aliphatic carbocycles. The van der Waals surface area contributed by atoms with Crippen LogP contribution < -0.4 is 10.1 Å². The van der Waals surface area contributed by atoms with Gasteiger partial charge in [0.25, 0.3) is 5.91 Å². The van der Waals surface area contributed by atoms with Crippen LogP contribution in [0.4, 0.5) is 10.5 Å². The van der Waals surface area contributed by atoms with E-state index in [9.17, 15) is 9.59 Å². The van der Waals surface area contributed by atoms with Crippen LogP contribution in [-0.4, -0.2) is 55.0 Å². The monoisotopic (exact) mass is 367 g/mol. The summed E-state index contributed by atoms with van der Waals surface area (Å²) < 4.78 is 5.45. The zero-order chi connectivity index (χ0) is 19.4. The molecule has 1 N–H and O–H groups in total. The third kappa shape index (κ3) is 4.22. The molecule has 1 heterocycles. The minimum atomic E-state index is -0.141. The molecule has 6 nitrogen and oxygen atoms in total. The number of nitrogens with zero attached hydrogens (tertiary/aromatic N) is 2. The maximum Gasteiger partial charge on any atom is 0.321 e. The molecule has 2 aromatic carbocycles. The van der Waals surface area contributed by atoms with E-state index in [4.69, 9.17) is 4.74 Å². The molecule has 27 heavy (non-hydrogen) atoms. The van der Waals surface area contributed by atoms with Gasteiger partial charge in [-0.25, -0.2) is 4.79 Å². The first-order valence-corrected chi connectivity index (χ1v) is 9.05. The van der Waals surface area contributed by atoms with E-state index in [0.717, 1.165) is 16.8 Å².